The van der Waals surface area contributed by atoms with Gasteiger partial charge in [0.25, 0.3) is 5.56 Å². The molecule has 28 heavy (non-hydrogen) atoms. The summed E-state index contributed by atoms with van der Waals surface area (Å²) in [6.45, 7) is 5.34. The molecule has 0 amide bonds. The number of fused-ring (bicyclic) bond motifs is 1. The van der Waals surface area contributed by atoms with Gasteiger partial charge in [-0.3, -0.25) is 23.6 Å². The maximum atomic E-state index is 12.9. The summed E-state index contributed by atoms with van der Waals surface area (Å²) < 4.78 is 5.01. The molecule has 0 aliphatic carbocycles. The highest BCUT2D eigenvalue weighted by Gasteiger charge is 2.29. The number of benzene rings is 1. The number of carbonyl (C=O) groups is 1. The number of nitrogens with one attached hydrogen (secondary N) is 1. The molecule has 3 rings (SSSR count). The topological polar surface area (TPSA) is 84.0 Å². The van der Waals surface area contributed by atoms with Gasteiger partial charge in [-0.25, -0.2) is 14.3 Å². The lowest BCUT2D eigenvalue weighted by Gasteiger charge is -2.13. The van der Waals surface area contributed by atoms with Crippen LogP contribution < -0.4 is 20.7 Å². The Morgan fingerprint density at radius 2 is 1.71 bits per heavy atom. The molecule has 0 unspecified atom stereocenters. The van der Waals surface area contributed by atoms with E-state index in [0.29, 0.717) is 35.8 Å². The summed E-state index contributed by atoms with van der Waals surface area (Å²) in [7, 11) is 3.04. The van der Waals surface area contributed by atoms with Crippen molar-refractivity contribution in [3.05, 3.63) is 55.1 Å². The summed E-state index contributed by atoms with van der Waals surface area (Å²) in [4.78, 5) is 43.3. The van der Waals surface area contributed by atoms with Gasteiger partial charge in [-0.15, -0.1) is 0 Å². The van der Waals surface area contributed by atoms with Crippen LogP contribution >= 0.6 is 15.9 Å². The summed E-state index contributed by atoms with van der Waals surface area (Å²) in [5.74, 6) is 0.506. The second kappa shape index (κ2) is 7.75. The van der Waals surface area contributed by atoms with Crippen LogP contribution in [0.2, 0.25) is 0 Å². The third-order valence-electron chi connectivity index (χ3n) is 4.93. The molecular weight excluding hydrogens is 426 g/mol. The smallest absolute Gasteiger partial charge is 0.291 e. The van der Waals surface area contributed by atoms with Gasteiger partial charge in [-0.05, 0) is 26.0 Å². The summed E-state index contributed by atoms with van der Waals surface area (Å²) >= 11 is 3.36. The molecule has 3 aromatic rings. The number of aromatic amines is 1. The SMILES string of the molecule is CCN(CC)c1[nH]c2c(c(=O)n(C)c(=O)n2C)[n+]1CC(=O)c1ccc(Br)cc1. The van der Waals surface area contributed by atoms with Crippen molar-refractivity contribution >= 4 is 38.8 Å². The molecule has 0 aliphatic heterocycles. The molecule has 8 nitrogen and oxygen atoms in total. The first-order valence-corrected chi connectivity index (χ1v) is 9.84. The van der Waals surface area contributed by atoms with E-state index in [1.807, 2.05) is 18.7 Å². The Morgan fingerprint density at radius 3 is 2.29 bits per heavy atom. The van der Waals surface area contributed by atoms with E-state index in [4.69, 9.17) is 0 Å². The summed E-state index contributed by atoms with van der Waals surface area (Å²) in [6.07, 6.45) is 0. The minimum Gasteiger partial charge on any atom is -0.291 e. The molecular formula is C19H23BrN5O3+. The van der Waals surface area contributed by atoms with Gasteiger partial charge in [0.15, 0.2) is 5.78 Å². The number of H-pyrrole nitrogens is 1. The van der Waals surface area contributed by atoms with Gasteiger partial charge >= 0.3 is 11.6 Å². The van der Waals surface area contributed by atoms with Gasteiger partial charge in [0, 0.05) is 24.1 Å². The van der Waals surface area contributed by atoms with Crippen molar-refractivity contribution in [2.75, 3.05) is 18.0 Å². The van der Waals surface area contributed by atoms with E-state index in [2.05, 4.69) is 20.9 Å². The molecule has 0 aliphatic rings. The minimum absolute atomic E-state index is 0.0130. The van der Waals surface area contributed by atoms with E-state index >= 15 is 0 Å². The molecule has 2 heterocycles. The molecule has 2 aromatic heterocycles. The Labute approximate surface area is 170 Å². The lowest BCUT2D eigenvalue weighted by Crippen LogP contribution is -2.48. The lowest BCUT2D eigenvalue weighted by atomic mass is 10.1. The average Bonchev–Trinajstić information content (AvgIpc) is 3.05. The lowest BCUT2D eigenvalue weighted by molar-refractivity contribution is -0.644. The van der Waals surface area contributed by atoms with Crippen molar-refractivity contribution in [2.24, 2.45) is 14.1 Å². The normalized spacial score (nSPS) is 11.2. The fourth-order valence-electron chi connectivity index (χ4n) is 3.29. The van der Waals surface area contributed by atoms with Crippen LogP contribution in [0.25, 0.3) is 11.2 Å². The van der Waals surface area contributed by atoms with Crippen molar-refractivity contribution < 1.29 is 9.36 Å². The second-order valence-corrected chi connectivity index (χ2v) is 7.46. The molecule has 0 saturated carbocycles. The number of aryl methyl sites for hydroxylation is 1. The number of nitrogens with zero attached hydrogens (tertiary/aromatic N) is 4. The third-order valence-corrected chi connectivity index (χ3v) is 5.46. The molecule has 0 bridgehead atoms. The van der Waals surface area contributed by atoms with Gasteiger partial charge in [-0.1, -0.05) is 28.1 Å². The van der Waals surface area contributed by atoms with Crippen LogP contribution in [0.15, 0.2) is 38.3 Å². The van der Waals surface area contributed by atoms with Crippen molar-refractivity contribution in [3.63, 3.8) is 0 Å². The average molecular weight is 449 g/mol. The van der Waals surface area contributed by atoms with E-state index in [1.165, 1.54) is 11.6 Å². The highest BCUT2D eigenvalue weighted by molar-refractivity contribution is 9.10. The highest BCUT2D eigenvalue weighted by atomic mass is 79.9. The Morgan fingerprint density at radius 1 is 1.11 bits per heavy atom. The van der Waals surface area contributed by atoms with Crippen molar-refractivity contribution in [3.8, 4) is 0 Å². The van der Waals surface area contributed by atoms with Gasteiger partial charge in [-0.2, -0.15) is 0 Å². The number of anilines is 1. The van der Waals surface area contributed by atoms with Crippen LogP contribution in [-0.4, -0.2) is 33.0 Å². The summed E-state index contributed by atoms with van der Waals surface area (Å²) in [6, 6.07) is 7.10. The molecule has 0 spiro atoms. The quantitative estimate of drug-likeness (QED) is 0.455. The van der Waals surface area contributed by atoms with Gasteiger partial charge in [0.05, 0.1) is 13.1 Å². The number of hydrogen-bond acceptors (Lipinski definition) is 4. The molecule has 0 fully saturated rings. The number of rotatable bonds is 6. The summed E-state index contributed by atoms with van der Waals surface area (Å²) in [5, 5.41) is 0. The monoisotopic (exact) mass is 448 g/mol. The maximum Gasteiger partial charge on any atom is 0.360 e. The first kappa shape index (κ1) is 20.1. The third kappa shape index (κ3) is 3.30. The fourth-order valence-corrected chi connectivity index (χ4v) is 3.55. The van der Waals surface area contributed by atoms with E-state index in [-0.39, 0.29) is 12.3 Å². The Balaban J connectivity index is 2.25. The van der Waals surface area contributed by atoms with Crippen LogP contribution in [0.4, 0.5) is 5.95 Å². The molecule has 148 valence electrons. The maximum absolute atomic E-state index is 12.9. The molecule has 0 radical (unpaired) electrons. The molecule has 0 saturated heterocycles. The van der Waals surface area contributed by atoms with Crippen molar-refractivity contribution in [1.82, 2.24) is 14.1 Å². The number of halogens is 1. The molecule has 9 heteroatoms. The second-order valence-electron chi connectivity index (χ2n) is 6.54. The van der Waals surface area contributed by atoms with Crippen LogP contribution in [0.5, 0.6) is 0 Å². The van der Waals surface area contributed by atoms with E-state index in [1.54, 1.807) is 35.9 Å². The number of carbonyl (C=O) groups excluding carboxylic acids is 1. The zero-order valence-corrected chi connectivity index (χ0v) is 17.9. The number of hydrogen-bond donors (Lipinski definition) is 1. The fraction of sp³-hybridized carbons (Fsp3) is 0.368. The van der Waals surface area contributed by atoms with Crippen molar-refractivity contribution in [2.45, 2.75) is 20.4 Å². The number of ketones is 1. The van der Waals surface area contributed by atoms with Gasteiger partial charge in [0.2, 0.25) is 11.2 Å². The number of aromatic nitrogens is 4. The van der Waals surface area contributed by atoms with Crippen LogP contribution in [0.3, 0.4) is 0 Å². The van der Waals surface area contributed by atoms with Crippen LogP contribution in [-0.2, 0) is 20.6 Å². The highest BCUT2D eigenvalue weighted by Crippen LogP contribution is 2.14. The number of imidazole rings is 1. The standard InChI is InChI=1S/C19H22BrN5O3/c1-5-24(6-2)18-21-16-15(17(27)23(4)19(28)22(16)3)25(18)11-14(26)12-7-9-13(20)10-8-12/h7-10H,5-6,11H2,1-4H3/p+1. The zero-order valence-electron chi connectivity index (χ0n) is 16.3. The van der Waals surface area contributed by atoms with E-state index in [0.717, 1.165) is 9.04 Å². The zero-order chi connectivity index (χ0) is 20.6. The Bertz CT molecular complexity index is 1150. The number of Topliss-reactive ketones (excluding diaryl/α,β-unsaturated/α-hetero) is 1. The Kier molecular flexibility index (Phi) is 5.55. The van der Waals surface area contributed by atoms with Gasteiger partial charge in [0.1, 0.15) is 6.54 Å². The van der Waals surface area contributed by atoms with Gasteiger partial charge < -0.3 is 0 Å². The predicted octanol–water partition coefficient (Wildman–Crippen LogP) is 1.34. The van der Waals surface area contributed by atoms with Crippen molar-refractivity contribution in [1.29, 1.82) is 0 Å². The Hall–Kier alpha value is -2.68. The van der Waals surface area contributed by atoms with Crippen LogP contribution in [0.1, 0.15) is 24.2 Å². The minimum atomic E-state index is -0.434. The first-order chi connectivity index (χ1) is 13.3. The van der Waals surface area contributed by atoms with Crippen LogP contribution in [0, 0.1) is 0 Å². The van der Waals surface area contributed by atoms with E-state index < -0.39 is 11.2 Å². The predicted molar refractivity (Wildman–Crippen MR) is 111 cm³/mol. The molecule has 0 atom stereocenters. The largest absolute Gasteiger partial charge is 0.360 e. The first-order valence-electron chi connectivity index (χ1n) is 9.05. The molecule has 1 aromatic carbocycles. The molecule has 1 N–H and O–H groups in total. The summed E-state index contributed by atoms with van der Waals surface area (Å²) in [5.41, 5.74) is 0.403. The van der Waals surface area contributed by atoms with E-state index in [9.17, 15) is 14.4 Å².